The number of carbonyl (C=O) groups excluding carboxylic acids is 2. The third kappa shape index (κ3) is 5.20. The minimum absolute atomic E-state index is 0.100. The second-order valence-corrected chi connectivity index (χ2v) is 5.48. The Morgan fingerprint density at radius 1 is 0.962 bits per heavy atom. The Labute approximate surface area is 148 Å². The zero-order valence-electron chi connectivity index (χ0n) is 14.0. The first-order valence-electron chi connectivity index (χ1n) is 7.83. The van der Waals surface area contributed by atoms with Crippen molar-refractivity contribution in [1.29, 1.82) is 0 Å². The molecule has 7 heteroatoms. The van der Waals surface area contributed by atoms with Crippen LogP contribution in [-0.4, -0.2) is 24.9 Å². The van der Waals surface area contributed by atoms with Gasteiger partial charge in [-0.2, -0.15) is 0 Å². The van der Waals surface area contributed by atoms with E-state index in [1.807, 2.05) is 0 Å². The van der Waals surface area contributed by atoms with Crippen molar-refractivity contribution >= 4 is 17.9 Å². The van der Waals surface area contributed by atoms with Gasteiger partial charge in [0.05, 0.1) is 0 Å². The van der Waals surface area contributed by atoms with Crippen LogP contribution in [0.5, 0.6) is 0 Å². The molecule has 2 aromatic rings. The van der Waals surface area contributed by atoms with E-state index >= 15 is 0 Å². The van der Waals surface area contributed by atoms with Gasteiger partial charge in [-0.05, 0) is 42.8 Å². The zero-order valence-corrected chi connectivity index (χ0v) is 14.0. The number of halogens is 3. The lowest BCUT2D eigenvalue weighted by Crippen LogP contribution is -2.34. The molecule has 2 aromatic carbocycles. The van der Waals surface area contributed by atoms with E-state index in [1.165, 1.54) is 18.2 Å². The minimum Gasteiger partial charge on any atom is -0.351 e. The number of nitrogens with one attached hydrogen (secondary N) is 2. The normalized spacial score (nSPS) is 10.8. The van der Waals surface area contributed by atoms with E-state index < -0.39 is 29.3 Å². The van der Waals surface area contributed by atoms with E-state index in [-0.39, 0.29) is 24.2 Å². The molecule has 0 radical (unpaired) electrons. The maximum atomic E-state index is 13.4. The number of rotatable bonds is 6. The largest absolute Gasteiger partial charge is 0.351 e. The Bertz CT molecular complexity index is 830. The van der Waals surface area contributed by atoms with Crippen LogP contribution in [0.3, 0.4) is 0 Å². The van der Waals surface area contributed by atoms with Crippen LogP contribution in [0.25, 0.3) is 6.08 Å². The summed E-state index contributed by atoms with van der Waals surface area (Å²) < 4.78 is 40.2. The summed E-state index contributed by atoms with van der Waals surface area (Å²) in [5.41, 5.74) is 0.304. The molecule has 4 nitrogen and oxygen atoms in total. The summed E-state index contributed by atoms with van der Waals surface area (Å²) in [5.74, 6) is -3.06. The maximum absolute atomic E-state index is 13.4. The minimum atomic E-state index is -0.772. The van der Waals surface area contributed by atoms with E-state index in [9.17, 15) is 22.8 Å². The first kappa shape index (κ1) is 19.2. The van der Waals surface area contributed by atoms with Gasteiger partial charge in [0, 0.05) is 30.3 Å². The van der Waals surface area contributed by atoms with Gasteiger partial charge in [-0.1, -0.05) is 12.1 Å². The fraction of sp³-hybridized carbons (Fsp3) is 0.158. The molecule has 0 aliphatic carbocycles. The third-order valence-electron chi connectivity index (χ3n) is 3.54. The Hall–Kier alpha value is -3.09. The zero-order chi connectivity index (χ0) is 19.1. The number of carbonyl (C=O) groups is 2. The molecule has 26 heavy (non-hydrogen) atoms. The summed E-state index contributed by atoms with van der Waals surface area (Å²) >= 11 is 0. The Morgan fingerprint density at radius 2 is 1.62 bits per heavy atom. The van der Waals surface area contributed by atoms with Crippen molar-refractivity contribution in [2.24, 2.45) is 0 Å². The van der Waals surface area contributed by atoms with Crippen LogP contribution in [0.15, 0.2) is 42.5 Å². The van der Waals surface area contributed by atoms with Crippen molar-refractivity contribution in [2.75, 3.05) is 13.1 Å². The first-order chi connectivity index (χ1) is 12.4. The molecule has 0 aliphatic rings. The monoisotopic (exact) mass is 362 g/mol. The van der Waals surface area contributed by atoms with Crippen LogP contribution >= 0.6 is 0 Å². The van der Waals surface area contributed by atoms with Gasteiger partial charge in [0.2, 0.25) is 5.91 Å². The summed E-state index contributed by atoms with van der Waals surface area (Å²) in [6.45, 7) is 1.80. The molecular formula is C19H17F3N2O2. The molecule has 0 aliphatic heterocycles. The number of hydrogen-bond donors (Lipinski definition) is 2. The average molecular weight is 362 g/mol. The van der Waals surface area contributed by atoms with Crippen LogP contribution in [0.1, 0.15) is 21.5 Å². The highest BCUT2D eigenvalue weighted by molar-refractivity contribution is 5.94. The number of aryl methyl sites for hydroxylation is 1. The molecule has 0 heterocycles. The second-order valence-electron chi connectivity index (χ2n) is 5.48. The molecule has 2 rings (SSSR count). The third-order valence-corrected chi connectivity index (χ3v) is 3.54. The first-order valence-corrected chi connectivity index (χ1v) is 7.83. The van der Waals surface area contributed by atoms with Crippen molar-refractivity contribution in [3.63, 3.8) is 0 Å². The Balaban J connectivity index is 1.78. The molecule has 0 fully saturated rings. The van der Waals surface area contributed by atoms with Gasteiger partial charge in [-0.3, -0.25) is 9.59 Å². The van der Waals surface area contributed by atoms with Crippen LogP contribution in [0.4, 0.5) is 13.2 Å². The van der Waals surface area contributed by atoms with E-state index in [1.54, 1.807) is 6.92 Å². The van der Waals surface area contributed by atoms with E-state index in [4.69, 9.17) is 0 Å². The molecule has 0 saturated carbocycles. The summed E-state index contributed by atoms with van der Waals surface area (Å²) in [6.07, 6.45) is 2.03. The number of benzene rings is 2. The van der Waals surface area contributed by atoms with Gasteiger partial charge in [0.25, 0.3) is 5.91 Å². The highest BCUT2D eigenvalue weighted by Crippen LogP contribution is 2.13. The van der Waals surface area contributed by atoms with Crippen LogP contribution in [0.2, 0.25) is 0 Å². The Morgan fingerprint density at radius 3 is 2.27 bits per heavy atom. The summed E-state index contributed by atoms with van der Waals surface area (Å²) in [4.78, 5) is 23.5. The lowest BCUT2D eigenvalue weighted by molar-refractivity contribution is -0.116. The number of amides is 2. The van der Waals surface area contributed by atoms with Crippen molar-refractivity contribution in [1.82, 2.24) is 10.6 Å². The molecule has 136 valence electrons. The van der Waals surface area contributed by atoms with Gasteiger partial charge in [0.1, 0.15) is 17.5 Å². The maximum Gasteiger partial charge on any atom is 0.251 e. The fourth-order valence-electron chi connectivity index (χ4n) is 2.09. The van der Waals surface area contributed by atoms with E-state index in [2.05, 4.69) is 10.6 Å². The van der Waals surface area contributed by atoms with Crippen molar-refractivity contribution < 1.29 is 22.8 Å². The van der Waals surface area contributed by atoms with Gasteiger partial charge in [-0.15, -0.1) is 0 Å². The average Bonchev–Trinajstić information content (AvgIpc) is 2.60. The van der Waals surface area contributed by atoms with Gasteiger partial charge in [-0.25, -0.2) is 13.2 Å². The Kier molecular flexibility index (Phi) is 6.54. The molecule has 0 aromatic heterocycles. The van der Waals surface area contributed by atoms with Crippen molar-refractivity contribution in [2.45, 2.75) is 6.92 Å². The second kappa shape index (κ2) is 8.84. The van der Waals surface area contributed by atoms with E-state index in [0.717, 1.165) is 30.4 Å². The molecule has 0 unspecified atom stereocenters. The molecule has 2 N–H and O–H groups in total. The SMILES string of the molecule is Cc1ccc(C(=O)NCCNC(=O)/C=C/c2c(F)cccc2F)cc1F. The van der Waals surface area contributed by atoms with Crippen molar-refractivity contribution in [3.8, 4) is 0 Å². The predicted octanol–water partition coefficient (Wildman–Crippen LogP) is 2.97. The highest BCUT2D eigenvalue weighted by atomic mass is 19.1. The lowest BCUT2D eigenvalue weighted by Gasteiger charge is -2.07. The molecule has 0 atom stereocenters. The standard InChI is InChI=1S/C19H17F3N2O2/c1-12-5-6-13(11-17(12)22)19(26)24-10-9-23-18(25)8-7-14-15(20)3-2-4-16(14)21/h2-8,11H,9-10H2,1H3,(H,23,25)(H,24,26)/b8-7+. The fourth-order valence-corrected chi connectivity index (χ4v) is 2.09. The van der Waals surface area contributed by atoms with Gasteiger partial charge in [0.15, 0.2) is 0 Å². The van der Waals surface area contributed by atoms with Crippen LogP contribution < -0.4 is 10.6 Å². The quantitative estimate of drug-likeness (QED) is 0.613. The van der Waals surface area contributed by atoms with E-state index in [0.29, 0.717) is 5.56 Å². The summed E-state index contributed by atoms with van der Waals surface area (Å²) in [7, 11) is 0. The molecule has 0 saturated heterocycles. The summed E-state index contributed by atoms with van der Waals surface area (Å²) in [5, 5.41) is 4.99. The number of hydrogen-bond acceptors (Lipinski definition) is 2. The smallest absolute Gasteiger partial charge is 0.251 e. The molecule has 0 spiro atoms. The molecule has 0 bridgehead atoms. The topological polar surface area (TPSA) is 58.2 Å². The van der Waals surface area contributed by atoms with Crippen molar-refractivity contribution in [3.05, 3.63) is 76.6 Å². The lowest BCUT2D eigenvalue weighted by atomic mass is 10.1. The summed E-state index contributed by atoms with van der Waals surface area (Å²) in [6, 6.07) is 7.53. The van der Waals surface area contributed by atoms with Crippen LogP contribution in [-0.2, 0) is 4.79 Å². The van der Waals surface area contributed by atoms with Crippen LogP contribution in [0, 0.1) is 24.4 Å². The highest BCUT2D eigenvalue weighted by Gasteiger charge is 2.08. The van der Waals surface area contributed by atoms with Gasteiger partial charge >= 0.3 is 0 Å². The molecule has 2 amide bonds. The molecular weight excluding hydrogens is 345 g/mol. The predicted molar refractivity (Wildman–Crippen MR) is 91.9 cm³/mol. The van der Waals surface area contributed by atoms with Gasteiger partial charge < -0.3 is 10.6 Å².